The first-order valence-corrected chi connectivity index (χ1v) is 10.1. The van der Waals surface area contributed by atoms with Crippen LogP contribution in [0.3, 0.4) is 0 Å². The van der Waals surface area contributed by atoms with Crippen molar-refractivity contribution in [2.75, 3.05) is 7.11 Å². The molecule has 0 saturated heterocycles. The summed E-state index contributed by atoms with van der Waals surface area (Å²) in [6.07, 6.45) is 1.08. The van der Waals surface area contributed by atoms with E-state index in [1.165, 1.54) is 13.2 Å². The van der Waals surface area contributed by atoms with Crippen LogP contribution in [0.4, 0.5) is 0 Å². The van der Waals surface area contributed by atoms with Gasteiger partial charge in [-0.25, -0.2) is 4.79 Å². The monoisotopic (exact) mass is 460 g/mol. The Bertz CT molecular complexity index is 989. The fourth-order valence-corrected chi connectivity index (χ4v) is 4.12. The van der Waals surface area contributed by atoms with E-state index in [0.717, 1.165) is 6.42 Å². The van der Waals surface area contributed by atoms with Gasteiger partial charge in [-0.3, -0.25) is 0 Å². The lowest BCUT2D eigenvalue weighted by atomic mass is 10.0. The molecular weight excluding hydrogens is 443 g/mol. The third-order valence-electron chi connectivity index (χ3n) is 4.65. The molecule has 156 valence electrons. The van der Waals surface area contributed by atoms with Crippen LogP contribution in [0.5, 0.6) is 28.7 Å². The molecule has 9 heteroatoms. The normalized spacial score (nSPS) is 15.2. The van der Waals surface area contributed by atoms with Gasteiger partial charge in [0, 0.05) is 11.1 Å². The lowest BCUT2D eigenvalue weighted by Crippen LogP contribution is -2.03. The molecule has 0 amide bonds. The number of ether oxygens (including phenoxy) is 3. The Labute approximate surface area is 182 Å². The number of benzene rings is 2. The molecule has 0 radical (unpaired) electrons. The van der Waals surface area contributed by atoms with E-state index in [1.807, 2.05) is 13.8 Å². The van der Waals surface area contributed by atoms with E-state index < -0.39 is 17.8 Å². The largest absolute Gasteiger partial charge is 0.506 e. The second-order valence-corrected chi connectivity index (χ2v) is 7.61. The highest BCUT2D eigenvalue weighted by atomic mass is 35.5. The highest BCUT2D eigenvalue weighted by molar-refractivity contribution is 6.39. The molecule has 0 unspecified atom stereocenters. The number of aromatic hydroxyl groups is 2. The van der Waals surface area contributed by atoms with E-state index in [-0.39, 0.29) is 43.6 Å². The van der Waals surface area contributed by atoms with Crippen molar-refractivity contribution in [3.05, 3.63) is 37.8 Å². The molecule has 2 aromatic carbocycles. The second kappa shape index (κ2) is 8.38. The molecule has 2 N–H and O–H groups in total. The van der Waals surface area contributed by atoms with Crippen molar-refractivity contribution < 1.29 is 29.2 Å². The molecule has 6 nitrogen and oxygen atoms in total. The van der Waals surface area contributed by atoms with E-state index in [4.69, 9.17) is 49.0 Å². The quantitative estimate of drug-likeness (QED) is 0.482. The molecule has 3 rings (SSSR count). The van der Waals surface area contributed by atoms with Gasteiger partial charge in [-0.1, -0.05) is 55.1 Å². The Morgan fingerprint density at radius 2 is 1.76 bits per heavy atom. The van der Waals surface area contributed by atoms with Gasteiger partial charge in [0.2, 0.25) is 0 Å². The van der Waals surface area contributed by atoms with Crippen LogP contribution >= 0.6 is 34.8 Å². The van der Waals surface area contributed by atoms with E-state index in [1.54, 1.807) is 0 Å². The lowest BCUT2D eigenvalue weighted by molar-refractivity contribution is 0.0377. The van der Waals surface area contributed by atoms with Gasteiger partial charge in [0.15, 0.2) is 23.0 Å². The number of rotatable bonds is 6. The summed E-state index contributed by atoms with van der Waals surface area (Å²) in [5.41, 5.74) is 0.944. The highest BCUT2D eigenvalue weighted by Crippen LogP contribution is 2.54. The van der Waals surface area contributed by atoms with Crippen molar-refractivity contribution >= 4 is 40.8 Å². The number of hydrogen-bond acceptors (Lipinski definition) is 6. The number of hydrogen-bond donors (Lipinski definition) is 2. The van der Waals surface area contributed by atoms with E-state index >= 15 is 0 Å². The van der Waals surface area contributed by atoms with Gasteiger partial charge in [-0.15, -0.1) is 0 Å². The first kappa shape index (κ1) is 21.7. The van der Waals surface area contributed by atoms with Gasteiger partial charge in [0.1, 0.15) is 27.5 Å². The third kappa shape index (κ3) is 3.54. The zero-order chi connectivity index (χ0) is 21.5. The number of aryl methyl sites for hydroxylation is 1. The topological polar surface area (TPSA) is 85.2 Å². The van der Waals surface area contributed by atoms with Crippen LogP contribution < -0.4 is 9.47 Å². The number of fused-ring (bicyclic) bond motifs is 1. The molecule has 1 heterocycles. The van der Waals surface area contributed by atoms with Crippen LogP contribution in [-0.2, 0) is 11.2 Å². The molecule has 0 fully saturated rings. The molecule has 29 heavy (non-hydrogen) atoms. The minimum atomic E-state index is -0.661. The van der Waals surface area contributed by atoms with Crippen molar-refractivity contribution in [2.45, 2.75) is 39.2 Å². The minimum Gasteiger partial charge on any atom is -0.506 e. The van der Waals surface area contributed by atoms with Gasteiger partial charge in [0.25, 0.3) is 0 Å². The smallest absolute Gasteiger partial charge is 0.343 e. The second-order valence-electron chi connectivity index (χ2n) is 6.48. The van der Waals surface area contributed by atoms with Crippen LogP contribution in [0.2, 0.25) is 15.1 Å². The summed E-state index contributed by atoms with van der Waals surface area (Å²) in [7, 11) is 1.37. The average molecular weight is 462 g/mol. The molecule has 0 spiro atoms. The van der Waals surface area contributed by atoms with Crippen LogP contribution in [0, 0.1) is 0 Å². The summed E-state index contributed by atoms with van der Waals surface area (Å²) in [6, 6.07) is 1.46. The van der Waals surface area contributed by atoms with Crippen molar-refractivity contribution in [1.82, 2.24) is 0 Å². The van der Waals surface area contributed by atoms with Crippen molar-refractivity contribution in [3.8, 4) is 28.7 Å². The Morgan fingerprint density at radius 1 is 1.07 bits per heavy atom. The lowest BCUT2D eigenvalue weighted by Gasteiger charge is -2.19. The minimum absolute atomic E-state index is 0.0401. The summed E-state index contributed by atoms with van der Waals surface area (Å²) < 4.78 is 16.7. The Hall–Kier alpha value is -2.02. The molecular formula is C20H19Cl3O6. The third-order valence-corrected chi connectivity index (χ3v) is 5.75. The van der Waals surface area contributed by atoms with Gasteiger partial charge in [0.05, 0.1) is 12.1 Å². The number of halogens is 3. The maximum absolute atomic E-state index is 12.5. The number of phenolic OH excluding ortho intramolecular Hbond substituents is 2. The van der Waals surface area contributed by atoms with E-state index in [9.17, 15) is 15.0 Å². The van der Waals surface area contributed by atoms with Crippen molar-refractivity contribution in [2.24, 2.45) is 0 Å². The summed E-state index contributed by atoms with van der Waals surface area (Å²) >= 11 is 18.7. The molecule has 1 aliphatic heterocycles. The first-order chi connectivity index (χ1) is 13.8. The van der Waals surface area contributed by atoms with Gasteiger partial charge in [-0.05, 0) is 18.9 Å². The van der Waals surface area contributed by atoms with E-state index in [2.05, 4.69) is 0 Å². The standard InChI is InChI=1S/C20H19Cl3O6/c1-4-6-8-7-9(24)13(21)19(27-3)17(8)29-18-12-11(10(5-2)28-20(12)26)14(22)16(25)15(18)23/h7,10,24-25H,4-6H2,1-3H3/t10-/m1/s1. The number of carbonyl (C=O) groups excluding carboxylic acids is 1. The maximum atomic E-state index is 12.5. The highest BCUT2D eigenvalue weighted by Gasteiger charge is 2.39. The van der Waals surface area contributed by atoms with Gasteiger partial charge >= 0.3 is 5.97 Å². The molecule has 1 aliphatic rings. The number of carbonyl (C=O) groups is 1. The predicted molar refractivity (Wildman–Crippen MR) is 110 cm³/mol. The Kier molecular flexibility index (Phi) is 6.27. The first-order valence-electron chi connectivity index (χ1n) is 8.97. The molecule has 1 atom stereocenters. The summed E-state index contributed by atoms with van der Waals surface area (Å²) in [5, 5.41) is 20.2. The van der Waals surface area contributed by atoms with Crippen LogP contribution in [0.15, 0.2) is 6.07 Å². The maximum Gasteiger partial charge on any atom is 0.343 e. The molecule has 0 bridgehead atoms. The Balaban J connectivity index is 2.28. The summed E-state index contributed by atoms with van der Waals surface area (Å²) in [5.74, 6) is -1.10. The fraction of sp³-hybridized carbons (Fsp3) is 0.350. The van der Waals surface area contributed by atoms with Crippen LogP contribution in [0.1, 0.15) is 54.3 Å². The predicted octanol–water partition coefficient (Wildman–Crippen LogP) is 6.43. The Morgan fingerprint density at radius 3 is 2.34 bits per heavy atom. The van der Waals surface area contributed by atoms with Gasteiger partial charge < -0.3 is 24.4 Å². The fourth-order valence-electron chi connectivity index (χ4n) is 3.32. The van der Waals surface area contributed by atoms with Crippen LogP contribution in [-0.4, -0.2) is 23.3 Å². The van der Waals surface area contributed by atoms with Crippen molar-refractivity contribution in [3.63, 3.8) is 0 Å². The summed E-state index contributed by atoms with van der Waals surface area (Å²) in [4.78, 5) is 12.5. The molecule has 0 saturated carbocycles. The number of phenols is 2. The molecule has 0 aromatic heterocycles. The van der Waals surface area contributed by atoms with E-state index in [0.29, 0.717) is 24.0 Å². The molecule has 0 aliphatic carbocycles. The van der Waals surface area contributed by atoms with Crippen LogP contribution in [0.25, 0.3) is 0 Å². The zero-order valence-corrected chi connectivity index (χ0v) is 18.2. The zero-order valence-electron chi connectivity index (χ0n) is 15.9. The number of cyclic esters (lactones) is 1. The average Bonchev–Trinajstić information content (AvgIpc) is 3.03. The molecule has 2 aromatic rings. The number of methoxy groups -OCH3 is 1. The van der Waals surface area contributed by atoms with Gasteiger partial charge in [-0.2, -0.15) is 0 Å². The SMILES string of the molecule is CCCc1cc(O)c(Cl)c(OC)c1Oc1c(Cl)c(O)c(Cl)c2c1C(=O)O[C@@H]2CC. The number of esters is 1. The summed E-state index contributed by atoms with van der Waals surface area (Å²) in [6.45, 7) is 3.77. The van der Waals surface area contributed by atoms with Crippen molar-refractivity contribution in [1.29, 1.82) is 0 Å².